The molecule has 2 aliphatic heterocycles. The standard InChI is InChI=1S/C44H78N6O7S/c1-43(2,41(54)46-23-15-26-48-29-31-49(32-30-48)27-16-24-47-42(55)57-35-17-11-7-5-8-12-18-35)34-56-44(3,4)22-25-45-38(51)21-28-50-39(52)33-37(40(50)53)58-36-19-13-9-6-10-14-20-36/h35-37H,5-34H2,1-4H3,(H,45,51)(H,46,54)(H,47,55). The van der Waals surface area contributed by atoms with Crippen LogP contribution in [0.15, 0.2) is 0 Å². The Labute approximate surface area is 353 Å². The molecule has 2 heterocycles. The van der Waals surface area contributed by atoms with Crippen molar-refractivity contribution < 1.29 is 33.4 Å². The number of nitrogens with one attached hydrogen (secondary N) is 3. The van der Waals surface area contributed by atoms with Crippen molar-refractivity contribution in [2.45, 2.75) is 172 Å². The van der Waals surface area contributed by atoms with Crippen molar-refractivity contribution in [3.05, 3.63) is 0 Å². The summed E-state index contributed by atoms with van der Waals surface area (Å²) in [6, 6.07) is 0. The van der Waals surface area contributed by atoms with Crippen molar-refractivity contribution >= 4 is 41.5 Å². The van der Waals surface area contributed by atoms with E-state index in [1.807, 2.05) is 27.7 Å². The monoisotopic (exact) mass is 835 g/mol. The van der Waals surface area contributed by atoms with Crippen LogP contribution in [0, 0.1) is 5.41 Å². The summed E-state index contributed by atoms with van der Waals surface area (Å²) in [4.78, 5) is 69.9. The van der Waals surface area contributed by atoms with Crippen LogP contribution in [0.4, 0.5) is 4.79 Å². The molecule has 1 atom stereocenters. The zero-order valence-electron chi connectivity index (χ0n) is 36.6. The molecule has 0 spiro atoms. The van der Waals surface area contributed by atoms with Crippen LogP contribution in [0.3, 0.4) is 0 Å². The molecule has 2 aliphatic carbocycles. The number of nitrogens with zero attached hydrogens (tertiary/aromatic N) is 3. The highest BCUT2D eigenvalue weighted by molar-refractivity contribution is 8.01. The van der Waals surface area contributed by atoms with E-state index in [1.54, 1.807) is 11.8 Å². The maximum Gasteiger partial charge on any atom is 0.407 e. The van der Waals surface area contributed by atoms with Gasteiger partial charge in [0.05, 0.1) is 22.9 Å². The minimum Gasteiger partial charge on any atom is -0.446 e. The Hall–Kier alpha value is -2.42. The van der Waals surface area contributed by atoms with Crippen molar-refractivity contribution in [3.8, 4) is 0 Å². The molecule has 13 nitrogen and oxygen atoms in total. The Morgan fingerprint density at radius 1 is 0.707 bits per heavy atom. The second-order valence-electron chi connectivity index (χ2n) is 18.4. The highest BCUT2D eigenvalue weighted by Crippen LogP contribution is 2.34. The Balaban J connectivity index is 0.998. The van der Waals surface area contributed by atoms with E-state index in [0.29, 0.717) is 31.3 Å². The number of likely N-dealkylation sites (tertiary alicyclic amines) is 1. The van der Waals surface area contributed by atoms with Crippen LogP contribution in [0.1, 0.15) is 150 Å². The first-order chi connectivity index (χ1) is 27.8. The van der Waals surface area contributed by atoms with Gasteiger partial charge in [0.15, 0.2) is 0 Å². The van der Waals surface area contributed by atoms with Crippen molar-refractivity contribution in [1.82, 2.24) is 30.7 Å². The van der Waals surface area contributed by atoms with E-state index in [2.05, 4.69) is 25.8 Å². The van der Waals surface area contributed by atoms with Gasteiger partial charge in [0.1, 0.15) is 6.10 Å². The molecular weight excluding hydrogens is 757 g/mol. The van der Waals surface area contributed by atoms with Crippen molar-refractivity contribution in [1.29, 1.82) is 0 Å². The molecule has 2 saturated carbocycles. The maximum atomic E-state index is 13.1. The summed E-state index contributed by atoms with van der Waals surface area (Å²) in [5, 5.41) is 9.08. The van der Waals surface area contributed by atoms with Crippen LogP contribution in [-0.2, 0) is 28.7 Å². The van der Waals surface area contributed by atoms with Crippen LogP contribution in [0.25, 0.3) is 0 Å². The summed E-state index contributed by atoms with van der Waals surface area (Å²) < 4.78 is 11.9. The molecule has 58 heavy (non-hydrogen) atoms. The number of piperazine rings is 1. The first-order valence-electron chi connectivity index (χ1n) is 22.9. The zero-order valence-corrected chi connectivity index (χ0v) is 37.4. The lowest BCUT2D eigenvalue weighted by Gasteiger charge is -2.35. The molecule has 0 aromatic rings. The molecule has 14 heteroatoms. The van der Waals surface area contributed by atoms with Crippen LogP contribution >= 0.6 is 11.8 Å². The lowest BCUT2D eigenvalue weighted by atomic mass is 9.92. The van der Waals surface area contributed by atoms with Gasteiger partial charge in [-0.3, -0.25) is 24.1 Å². The normalized spacial score (nSPS) is 21.5. The van der Waals surface area contributed by atoms with Gasteiger partial charge in [-0.15, -0.1) is 11.8 Å². The number of carbonyl (C=O) groups excluding carboxylic acids is 5. The van der Waals surface area contributed by atoms with Gasteiger partial charge in [-0.1, -0.05) is 51.4 Å². The number of imide groups is 1. The lowest BCUT2D eigenvalue weighted by molar-refractivity contribution is -0.139. The second-order valence-corrected chi connectivity index (χ2v) is 19.9. The van der Waals surface area contributed by atoms with Gasteiger partial charge in [0.2, 0.25) is 23.6 Å². The summed E-state index contributed by atoms with van der Waals surface area (Å²) in [6.45, 7) is 15.6. The SMILES string of the molecule is CC(C)(CCNC(=O)CCN1C(=O)CC(SC2CCCCCCC2)C1=O)OCC(C)(C)C(=O)NCCCN1CCN(CCCNC(=O)OC2CCCCCCC2)CC1. The average Bonchev–Trinajstić information content (AvgIpc) is 3.43. The predicted octanol–water partition coefficient (Wildman–Crippen LogP) is 6.03. The second kappa shape index (κ2) is 25.4. The molecule has 0 radical (unpaired) electrons. The molecule has 4 rings (SSSR count). The quantitative estimate of drug-likeness (QED) is 0.0925. The Morgan fingerprint density at radius 2 is 1.26 bits per heavy atom. The van der Waals surface area contributed by atoms with Gasteiger partial charge in [-0.25, -0.2) is 4.79 Å². The number of hydrogen-bond acceptors (Lipinski definition) is 10. The zero-order chi connectivity index (χ0) is 41.8. The van der Waals surface area contributed by atoms with Gasteiger partial charge in [0.25, 0.3) is 0 Å². The van der Waals surface area contributed by atoms with Crippen LogP contribution in [0.2, 0.25) is 0 Å². The van der Waals surface area contributed by atoms with Crippen molar-refractivity contribution in [2.24, 2.45) is 5.41 Å². The molecule has 2 saturated heterocycles. The van der Waals surface area contributed by atoms with Crippen LogP contribution in [0.5, 0.6) is 0 Å². The number of ether oxygens (including phenoxy) is 2. The fourth-order valence-corrected chi connectivity index (χ4v) is 9.85. The highest BCUT2D eigenvalue weighted by atomic mass is 32.2. The highest BCUT2D eigenvalue weighted by Gasteiger charge is 2.40. The molecule has 0 aromatic heterocycles. The first kappa shape index (κ1) is 48.2. The lowest BCUT2D eigenvalue weighted by Crippen LogP contribution is -2.48. The topological polar surface area (TPSA) is 150 Å². The summed E-state index contributed by atoms with van der Waals surface area (Å²) >= 11 is 1.68. The molecule has 332 valence electrons. The molecule has 5 amide bonds. The minimum atomic E-state index is -0.715. The van der Waals surface area contributed by atoms with Crippen LogP contribution in [-0.4, -0.2) is 139 Å². The van der Waals surface area contributed by atoms with Gasteiger partial charge < -0.3 is 35.2 Å². The third-order valence-corrected chi connectivity index (χ3v) is 13.9. The van der Waals surface area contributed by atoms with Gasteiger partial charge >= 0.3 is 6.09 Å². The summed E-state index contributed by atoms with van der Waals surface area (Å²) in [5.74, 6) is -0.552. The van der Waals surface area contributed by atoms with E-state index < -0.39 is 11.0 Å². The largest absolute Gasteiger partial charge is 0.446 e. The summed E-state index contributed by atoms with van der Waals surface area (Å²) in [5.41, 5.74) is -1.28. The number of alkyl carbamates (subject to hydrolysis) is 1. The number of carbonyl (C=O) groups is 5. The first-order valence-corrected chi connectivity index (χ1v) is 23.8. The molecule has 3 N–H and O–H groups in total. The van der Waals surface area contributed by atoms with E-state index in [-0.39, 0.29) is 67.1 Å². The Kier molecular flexibility index (Phi) is 21.1. The predicted molar refractivity (Wildman–Crippen MR) is 231 cm³/mol. The number of rotatable bonds is 21. The molecule has 0 bridgehead atoms. The Morgan fingerprint density at radius 3 is 1.86 bits per heavy atom. The van der Waals surface area contributed by atoms with Gasteiger partial charge in [-0.2, -0.15) is 0 Å². The molecular formula is C44H78N6O7S. The number of hydrogen-bond donors (Lipinski definition) is 3. The molecule has 1 unspecified atom stereocenters. The number of amides is 5. The third kappa shape index (κ3) is 18.1. The summed E-state index contributed by atoms with van der Waals surface area (Å²) in [7, 11) is 0. The summed E-state index contributed by atoms with van der Waals surface area (Å²) in [6.07, 6.45) is 18.9. The van der Waals surface area contributed by atoms with E-state index in [4.69, 9.17) is 9.47 Å². The van der Waals surface area contributed by atoms with Gasteiger partial charge in [-0.05, 0) is 98.6 Å². The van der Waals surface area contributed by atoms with E-state index in [0.717, 1.165) is 90.6 Å². The van der Waals surface area contributed by atoms with Gasteiger partial charge in [0, 0.05) is 70.4 Å². The van der Waals surface area contributed by atoms with Crippen molar-refractivity contribution in [2.75, 3.05) is 72.1 Å². The average molecular weight is 835 g/mol. The third-order valence-electron chi connectivity index (χ3n) is 12.3. The fraction of sp³-hybridized carbons (Fsp3) is 0.886. The van der Waals surface area contributed by atoms with E-state index in [1.165, 1.54) is 56.3 Å². The minimum absolute atomic E-state index is 0.0417. The van der Waals surface area contributed by atoms with E-state index in [9.17, 15) is 24.0 Å². The number of thioether (sulfide) groups is 1. The maximum absolute atomic E-state index is 13.1. The molecule has 4 aliphatic rings. The Bertz CT molecular complexity index is 1280. The van der Waals surface area contributed by atoms with Crippen molar-refractivity contribution in [3.63, 3.8) is 0 Å². The fourth-order valence-electron chi connectivity index (χ4n) is 8.30. The molecule has 0 aromatic carbocycles. The molecule has 4 fully saturated rings. The van der Waals surface area contributed by atoms with Crippen LogP contribution < -0.4 is 16.0 Å². The smallest absolute Gasteiger partial charge is 0.407 e. The van der Waals surface area contributed by atoms with E-state index >= 15 is 0 Å².